The van der Waals surface area contributed by atoms with Crippen molar-refractivity contribution in [3.05, 3.63) is 28.3 Å². The van der Waals surface area contributed by atoms with Gasteiger partial charge in [0.05, 0.1) is 11.6 Å². The van der Waals surface area contributed by atoms with Crippen LogP contribution in [0.2, 0.25) is 5.02 Å². The molecule has 2 rings (SSSR count). The highest BCUT2D eigenvalue weighted by atomic mass is 35.5. The molecule has 82 valence electrons. The zero-order chi connectivity index (χ0) is 10.8. The number of aryl methyl sites for hydroxylation is 1. The number of rotatable bonds is 2. The first-order valence-corrected chi connectivity index (χ1v) is 5.76. The molecule has 0 radical (unpaired) electrons. The van der Waals surface area contributed by atoms with E-state index >= 15 is 0 Å². The lowest BCUT2D eigenvalue weighted by Gasteiger charge is -2.27. The highest BCUT2D eigenvalue weighted by Crippen LogP contribution is 2.38. The van der Waals surface area contributed by atoms with Gasteiger partial charge in [0.15, 0.2) is 0 Å². The van der Waals surface area contributed by atoms with E-state index < -0.39 is 0 Å². The van der Waals surface area contributed by atoms with E-state index in [-0.39, 0.29) is 0 Å². The fraction of sp³-hybridized carbons (Fsp3) is 0.500. The second-order valence-electron chi connectivity index (χ2n) is 3.91. The summed E-state index contributed by atoms with van der Waals surface area (Å²) in [6.45, 7) is 5.89. The zero-order valence-corrected chi connectivity index (χ0v) is 9.90. The number of fused-ring (bicyclic) bond motifs is 1. The third kappa shape index (κ3) is 2.11. The fourth-order valence-corrected chi connectivity index (χ4v) is 2.40. The Hall–Kier alpha value is -0.730. The maximum atomic E-state index is 6.16. The lowest BCUT2D eigenvalue weighted by atomic mass is 9.98. The Bertz CT molecular complexity index is 365. The monoisotopic (exact) mass is 225 g/mol. The van der Waals surface area contributed by atoms with Crippen molar-refractivity contribution in [3.8, 4) is 5.75 Å². The summed E-state index contributed by atoms with van der Waals surface area (Å²) < 4.78 is 5.61. The number of nitrogens with one attached hydrogen (secondary N) is 1. The molecule has 0 bridgehead atoms. The minimum absolute atomic E-state index is 0.385. The highest BCUT2D eigenvalue weighted by molar-refractivity contribution is 6.32. The van der Waals surface area contributed by atoms with E-state index in [1.807, 2.05) is 6.07 Å². The van der Waals surface area contributed by atoms with Gasteiger partial charge in [-0.15, -0.1) is 0 Å². The summed E-state index contributed by atoms with van der Waals surface area (Å²) in [5, 5.41) is 4.19. The van der Waals surface area contributed by atoms with Crippen LogP contribution in [0.4, 0.5) is 0 Å². The summed E-state index contributed by atoms with van der Waals surface area (Å²) in [5.74, 6) is 0.861. The van der Waals surface area contributed by atoms with E-state index in [2.05, 4.69) is 25.2 Å². The molecule has 0 saturated carbocycles. The molecule has 1 N–H and O–H groups in total. The molecule has 0 aliphatic carbocycles. The number of halogens is 1. The summed E-state index contributed by atoms with van der Waals surface area (Å²) in [6.07, 6.45) is 1.01. The number of hydrogen-bond acceptors (Lipinski definition) is 2. The minimum atomic E-state index is 0.385. The first kappa shape index (κ1) is 10.8. The summed E-state index contributed by atoms with van der Waals surface area (Å²) in [7, 11) is 0. The molecule has 15 heavy (non-hydrogen) atoms. The molecule has 1 aliphatic rings. The predicted octanol–water partition coefficient (Wildman–Crippen LogP) is 3.08. The molecule has 3 heteroatoms. The first-order valence-electron chi connectivity index (χ1n) is 5.38. The average molecular weight is 226 g/mol. The molecule has 0 spiro atoms. The third-order valence-electron chi connectivity index (χ3n) is 2.70. The Labute approximate surface area is 95.6 Å². The van der Waals surface area contributed by atoms with E-state index in [9.17, 15) is 0 Å². The SMILES string of the molecule is CCNC1CCOc2c(Cl)cc(C)cc21. The smallest absolute Gasteiger partial charge is 0.142 e. The van der Waals surface area contributed by atoms with Crippen LogP contribution in [-0.2, 0) is 0 Å². The molecule has 1 aromatic carbocycles. The van der Waals surface area contributed by atoms with E-state index in [1.54, 1.807) is 0 Å². The van der Waals surface area contributed by atoms with Crippen LogP contribution in [-0.4, -0.2) is 13.2 Å². The van der Waals surface area contributed by atoms with Crippen LogP contribution >= 0.6 is 11.6 Å². The largest absolute Gasteiger partial charge is 0.492 e. The number of hydrogen-bond donors (Lipinski definition) is 1. The van der Waals surface area contributed by atoms with Gasteiger partial charge in [-0.05, 0) is 25.1 Å². The van der Waals surface area contributed by atoms with Gasteiger partial charge in [-0.3, -0.25) is 0 Å². The topological polar surface area (TPSA) is 21.3 Å². The van der Waals surface area contributed by atoms with Gasteiger partial charge in [-0.25, -0.2) is 0 Å². The van der Waals surface area contributed by atoms with Crippen LogP contribution in [0, 0.1) is 6.92 Å². The van der Waals surface area contributed by atoms with Gasteiger partial charge in [0.25, 0.3) is 0 Å². The summed E-state index contributed by atoms with van der Waals surface area (Å²) in [5.41, 5.74) is 2.39. The Morgan fingerprint density at radius 1 is 1.53 bits per heavy atom. The van der Waals surface area contributed by atoms with Gasteiger partial charge in [0.1, 0.15) is 5.75 Å². The van der Waals surface area contributed by atoms with E-state index in [1.165, 1.54) is 11.1 Å². The number of benzene rings is 1. The van der Waals surface area contributed by atoms with Crippen molar-refractivity contribution in [2.75, 3.05) is 13.2 Å². The first-order chi connectivity index (χ1) is 7.22. The molecule has 1 aromatic rings. The molecule has 2 nitrogen and oxygen atoms in total. The van der Waals surface area contributed by atoms with Gasteiger partial charge in [0.2, 0.25) is 0 Å². The standard InChI is InChI=1S/C12H16ClNO/c1-3-14-11-4-5-15-12-9(11)6-8(2)7-10(12)13/h6-7,11,14H,3-5H2,1-2H3. The van der Waals surface area contributed by atoms with Crippen molar-refractivity contribution in [1.29, 1.82) is 0 Å². The Balaban J connectivity index is 2.41. The zero-order valence-electron chi connectivity index (χ0n) is 9.14. The minimum Gasteiger partial charge on any atom is -0.492 e. The van der Waals surface area contributed by atoms with Crippen LogP contribution in [0.25, 0.3) is 0 Å². The molecule has 1 heterocycles. The molecule has 0 saturated heterocycles. The lowest BCUT2D eigenvalue weighted by molar-refractivity contribution is 0.254. The Morgan fingerprint density at radius 2 is 2.33 bits per heavy atom. The van der Waals surface area contributed by atoms with Crippen molar-refractivity contribution in [2.45, 2.75) is 26.3 Å². The van der Waals surface area contributed by atoms with Gasteiger partial charge in [0, 0.05) is 18.0 Å². The summed E-state index contributed by atoms with van der Waals surface area (Å²) in [4.78, 5) is 0. The molecule has 0 aromatic heterocycles. The van der Waals surface area contributed by atoms with E-state index in [0.29, 0.717) is 6.04 Å². The third-order valence-corrected chi connectivity index (χ3v) is 2.98. The molecular formula is C12H16ClNO. The maximum absolute atomic E-state index is 6.16. The normalized spacial score (nSPS) is 19.5. The summed E-state index contributed by atoms with van der Waals surface area (Å²) in [6, 6.07) is 4.50. The van der Waals surface area contributed by atoms with Crippen LogP contribution in [0.5, 0.6) is 5.75 Å². The predicted molar refractivity (Wildman–Crippen MR) is 62.7 cm³/mol. The second-order valence-corrected chi connectivity index (χ2v) is 4.32. The van der Waals surface area contributed by atoms with Crippen LogP contribution in [0.1, 0.15) is 30.5 Å². The Kier molecular flexibility index (Phi) is 3.17. The quantitative estimate of drug-likeness (QED) is 0.835. The van der Waals surface area contributed by atoms with Crippen LogP contribution in [0.3, 0.4) is 0 Å². The van der Waals surface area contributed by atoms with Crippen molar-refractivity contribution < 1.29 is 4.74 Å². The van der Waals surface area contributed by atoms with Crippen molar-refractivity contribution in [1.82, 2.24) is 5.32 Å². The van der Waals surface area contributed by atoms with Crippen molar-refractivity contribution in [3.63, 3.8) is 0 Å². The average Bonchev–Trinajstić information content (AvgIpc) is 2.19. The van der Waals surface area contributed by atoms with E-state index in [0.717, 1.165) is 30.3 Å². The second kappa shape index (κ2) is 4.42. The van der Waals surface area contributed by atoms with Crippen LogP contribution in [0.15, 0.2) is 12.1 Å². The van der Waals surface area contributed by atoms with Gasteiger partial charge in [-0.2, -0.15) is 0 Å². The van der Waals surface area contributed by atoms with E-state index in [4.69, 9.17) is 16.3 Å². The molecule has 0 fully saturated rings. The molecule has 1 aliphatic heterocycles. The Morgan fingerprint density at radius 3 is 3.07 bits per heavy atom. The summed E-state index contributed by atoms with van der Waals surface area (Å²) >= 11 is 6.16. The maximum Gasteiger partial charge on any atom is 0.142 e. The fourth-order valence-electron chi connectivity index (χ4n) is 2.06. The van der Waals surface area contributed by atoms with Crippen LogP contribution < -0.4 is 10.1 Å². The lowest BCUT2D eigenvalue weighted by Crippen LogP contribution is -2.27. The van der Waals surface area contributed by atoms with Gasteiger partial charge < -0.3 is 10.1 Å². The number of ether oxygens (including phenoxy) is 1. The van der Waals surface area contributed by atoms with Gasteiger partial charge in [-0.1, -0.05) is 24.6 Å². The highest BCUT2D eigenvalue weighted by Gasteiger charge is 2.22. The molecular weight excluding hydrogens is 210 g/mol. The van der Waals surface area contributed by atoms with Gasteiger partial charge >= 0.3 is 0 Å². The van der Waals surface area contributed by atoms with Crippen molar-refractivity contribution in [2.24, 2.45) is 0 Å². The molecule has 1 unspecified atom stereocenters. The molecule has 0 amide bonds. The molecule has 1 atom stereocenters. The van der Waals surface area contributed by atoms with Crippen molar-refractivity contribution >= 4 is 11.6 Å².